The first kappa shape index (κ1) is 76.8. The van der Waals surface area contributed by atoms with E-state index in [1.165, 1.54) is 36.0 Å². The van der Waals surface area contributed by atoms with Crippen LogP contribution in [0.1, 0.15) is 159 Å². The standard InChI is InChI=1S/C67H98N12O13S2/c1-11-42(6)57(76-60(84)50-26-19-21-33-77(50)9)64(87)78(10)51(40(2)3)37-52(92-67(91)69-8)62-74-49(39-93-62)59(83)72-46(35-43(7)65(88)89)36-44-28-30-45(31-29-44)71-58(82)48(25-22-32-70-66(68)90)73-61(85)56(41(4)5)75-54(80)27-18-15-20-34-79-55(81)38-53(63(79)86)94-47-23-16-13-12-14-17-24-47/h12-14,16-17,23-24,28-31,39-43,46,48,50-53,56-57H,11,15,18-22,25-27,32-38H2,1-10H3,(H,69,91)(H,71,82)(H,72,83)(H,73,85)(H,75,80)(H,76,84)(H,88,89)(H3,68,70,90)/b13-12-,14-12?,16-13?,17-14-,23-16-,24-17?,47-23?,47-24+/t42-,43-,46+,48-,50+,51+,52+,53?,56-,57-/m0/s1. The van der Waals surface area contributed by atoms with Crippen LogP contribution in [0.3, 0.4) is 0 Å². The van der Waals surface area contributed by atoms with Crippen LogP contribution in [0.4, 0.5) is 15.3 Å². The van der Waals surface area contributed by atoms with Gasteiger partial charge in [-0.3, -0.25) is 53.0 Å². The number of nitrogens with zero attached hydrogens (tertiary/aromatic N) is 4. The van der Waals surface area contributed by atoms with Crippen LogP contribution < -0.4 is 43.0 Å². The number of unbranched alkanes of at least 4 members (excludes halogenated alkanes) is 2. The highest BCUT2D eigenvalue weighted by Gasteiger charge is 2.40. The number of anilines is 1. The fourth-order valence-electron chi connectivity index (χ4n) is 11.3. The number of piperidine rings is 1. The number of allylic oxidation sites excluding steroid dienone is 7. The lowest BCUT2D eigenvalue weighted by Gasteiger charge is -2.38. The van der Waals surface area contributed by atoms with E-state index in [9.17, 15) is 57.8 Å². The maximum absolute atomic E-state index is 14.5. The largest absolute Gasteiger partial charge is 0.481 e. The summed E-state index contributed by atoms with van der Waals surface area (Å²) in [5.41, 5.74) is 6.27. The number of aromatic nitrogens is 1. The fourth-order valence-corrected chi connectivity index (χ4v) is 13.2. The number of rotatable bonds is 36. The Balaban J connectivity index is 1.21. The molecular formula is C67H98N12O13S2. The van der Waals surface area contributed by atoms with E-state index in [1.54, 1.807) is 50.1 Å². The van der Waals surface area contributed by atoms with Gasteiger partial charge in [0.15, 0.2) is 6.10 Å². The molecule has 516 valence electrons. The van der Waals surface area contributed by atoms with Gasteiger partial charge in [-0.05, 0) is 113 Å². The molecule has 11 amide bonds. The minimum Gasteiger partial charge on any atom is -0.481 e. The Hall–Kier alpha value is -7.91. The van der Waals surface area contributed by atoms with Crippen LogP contribution in [-0.2, 0) is 49.5 Å². The Bertz CT molecular complexity index is 3080. The third-order valence-electron chi connectivity index (χ3n) is 17.1. The van der Waals surface area contributed by atoms with Gasteiger partial charge in [-0.2, -0.15) is 0 Å². The lowest BCUT2D eigenvalue weighted by atomic mass is 9.92. The summed E-state index contributed by atoms with van der Waals surface area (Å²) in [6, 6.07) is 1.29. The number of aliphatic carboxylic acids is 1. The molecule has 0 radical (unpaired) electrons. The number of benzene rings is 1. The molecule has 27 heteroatoms. The van der Waals surface area contributed by atoms with Crippen LogP contribution in [0.15, 0.2) is 77.1 Å². The van der Waals surface area contributed by atoms with Crippen LogP contribution in [0, 0.1) is 23.7 Å². The van der Waals surface area contributed by atoms with Crippen LogP contribution >= 0.6 is 23.1 Å². The topological polar surface area (TPSA) is 350 Å². The second-order valence-electron chi connectivity index (χ2n) is 25.1. The number of nitrogens with one attached hydrogen (secondary N) is 7. The van der Waals surface area contributed by atoms with Crippen molar-refractivity contribution in [3.05, 3.63) is 93.3 Å². The van der Waals surface area contributed by atoms with Crippen molar-refractivity contribution in [2.75, 3.05) is 46.1 Å². The average Bonchev–Trinajstić information content (AvgIpc) is 1.48. The molecule has 2 saturated heterocycles. The molecule has 0 bridgehead atoms. The van der Waals surface area contributed by atoms with E-state index in [1.807, 2.05) is 82.2 Å². The van der Waals surface area contributed by atoms with Crippen LogP contribution in [-0.4, -0.2) is 172 Å². The normalized spacial score (nSPS) is 19.8. The lowest BCUT2D eigenvalue weighted by Crippen LogP contribution is -2.58. The summed E-state index contributed by atoms with van der Waals surface area (Å²) in [6.45, 7) is 13.9. The Labute approximate surface area is 560 Å². The summed E-state index contributed by atoms with van der Waals surface area (Å²) in [7, 11) is 4.99. The molecule has 94 heavy (non-hydrogen) atoms. The minimum absolute atomic E-state index is 0.0138. The zero-order valence-electron chi connectivity index (χ0n) is 55.9. The van der Waals surface area contributed by atoms with Gasteiger partial charge in [0.25, 0.3) is 5.91 Å². The molecule has 2 aliphatic heterocycles. The number of ether oxygens (including phenoxy) is 1. The Morgan fingerprint density at radius 3 is 2.22 bits per heavy atom. The number of hydrogen-bond acceptors (Lipinski definition) is 16. The summed E-state index contributed by atoms with van der Waals surface area (Å²) in [6.07, 6.45) is 16.9. The second kappa shape index (κ2) is 38.5. The SMILES string of the molecule is CC[C@H](C)[C@H](NC(=O)[C@H]1CCCCN1C)C(=O)N(C)[C@H](C[C@@H](OC(=O)NC)c1nc(C(=O)N[C@@H](Cc2ccc(NC(=O)[C@H](CCCNC(N)=O)NC(=O)[C@@H](NC(=O)CCCCCN3C(=O)CC(SC4=C/C=C\C=C/C=C\4)C3=O)C(C)C)cc2)C[C@H](C)C(=O)O)cs1)C(C)C. The number of urea groups is 1. The summed E-state index contributed by atoms with van der Waals surface area (Å²) in [4.78, 5) is 156. The molecule has 3 aliphatic rings. The molecule has 2 aromatic rings. The number of carbonyl (C=O) groups is 11. The number of likely N-dealkylation sites (N-methyl/N-ethyl adjacent to an activating group) is 2. The summed E-state index contributed by atoms with van der Waals surface area (Å²) >= 11 is 2.43. The maximum atomic E-state index is 14.5. The Morgan fingerprint density at radius 2 is 1.56 bits per heavy atom. The number of thioether (sulfide) groups is 1. The molecule has 25 nitrogen and oxygen atoms in total. The van der Waals surface area contributed by atoms with Crippen molar-refractivity contribution in [3.8, 4) is 0 Å². The number of nitrogens with two attached hydrogens (primary N) is 1. The van der Waals surface area contributed by atoms with E-state index in [-0.39, 0.29) is 110 Å². The maximum Gasteiger partial charge on any atom is 0.407 e. The first-order valence-corrected chi connectivity index (χ1v) is 34.4. The Morgan fingerprint density at radius 1 is 0.851 bits per heavy atom. The molecule has 1 aliphatic carbocycles. The second-order valence-corrected chi connectivity index (χ2v) is 27.3. The number of carbonyl (C=O) groups excluding carboxylic acids is 10. The highest BCUT2D eigenvalue weighted by Crippen LogP contribution is 2.34. The third kappa shape index (κ3) is 24.1. The quantitative estimate of drug-likeness (QED) is 0.0248. The van der Waals surface area contributed by atoms with Gasteiger partial charge in [0.2, 0.25) is 41.4 Å². The molecule has 1 unspecified atom stereocenters. The first-order valence-electron chi connectivity index (χ1n) is 32.6. The molecule has 0 spiro atoms. The van der Waals surface area contributed by atoms with Gasteiger partial charge in [0, 0.05) is 74.5 Å². The van der Waals surface area contributed by atoms with Crippen molar-refractivity contribution in [1.82, 2.24) is 51.6 Å². The van der Waals surface area contributed by atoms with Gasteiger partial charge >= 0.3 is 18.1 Å². The Kier molecular flexibility index (Phi) is 31.4. The van der Waals surface area contributed by atoms with Crippen LogP contribution in [0.5, 0.6) is 0 Å². The smallest absolute Gasteiger partial charge is 0.407 e. The monoisotopic (exact) mass is 1340 g/mol. The summed E-state index contributed by atoms with van der Waals surface area (Å²) < 4.78 is 5.88. The number of hydrogen-bond donors (Lipinski definition) is 9. The van der Waals surface area contributed by atoms with E-state index in [4.69, 9.17) is 10.5 Å². The molecule has 1 aromatic carbocycles. The van der Waals surface area contributed by atoms with E-state index >= 15 is 0 Å². The van der Waals surface area contributed by atoms with Gasteiger partial charge in [0.1, 0.15) is 28.8 Å². The molecule has 0 saturated carbocycles. The summed E-state index contributed by atoms with van der Waals surface area (Å²) in [5, 5.41) is 30.6. The number of thiazole rings is 1. The van der Waals surface area contributed by atoms with Crippen molar-refractivity contribution in [2.24, 2.45) is 29.4 Å². The number of carboxylic acids is 1. The van der Waals surface area contributed by atoms with Crippen molar-refractivity contribution >= 4 is 94.1 Å². The van der Waals surface area contributed by atoms with Crippen molar-refractivity contribution < 1.29 is 62.6 Å². The summed E-state index contributed by atoms with van der Waals surface area (Å²) in [5.74, 6) is -5.88. The number of primary amides is 1. The van der Waals surface area contributed by atoms with Gasteiger partial charge < -0.3 is 57.7 Å². The van der Waals surface area contributed by atoms with Gasteiger partial charge in [-0.25, -0.2) is 14.6 Å². The van der Waals surface area contributed by atoms with Crippen molar-refractivity contribution in [3.63, 3.8) is 0 Å². The highest BCUT2D eigenvalue weighted by molar-refractivity contribution is 8.04. The molecule has 10 atom stereocenters. The molecule has 5 rings (SSSR count). The number of likely N-dealkylation sites (tertiary alicyclic amines) is 2. The predicted octanol–water partition coefficient (Wildman–Crippen LogP) is 6.88. The average molecular weight is 1340 g/mol. The van der Waals surface area contributed by atoms with Gasteiger partial charge in [0.05, 0.1) is 17.2 Å². The number of amides is 11. The fraction of sp³-hybridized carbons (Fsp3) is 0.582. The minimum atomic E-state index is -1.13. The van der Waals surface area contributed by atoms with E-state index < -0.39 is 95.1 Å². The van der Waals surface area contributed by atoms with Crippen LogP contribution in [0.2, 0.25) is 0 Å². The molecule has 1 aromatic heterocycles. The highest BCUT2D eigenvalue weighted by atomic mass is 32.2. The lowest BCUT2D eigenvalue weighted by molar-refractivity contribution is -0.142. The van der Waals surface area contributed by atoms with Crippen molar-refractivity contribution in [1.29, 1.82) is 0 Å². The third-order valence-corrected chi connectivity index (χ3v) is 19.2. The zero-order valence-corrected chi connectivity index (χ0v) is 57.5. The zero-order chi connectivity index (χ0) is 69.2. The van der Waals surface area contributed by atoms with Crippen LogP contribution in [0.25, 0.3) is 0 Å². The van der Waals surface area contributed by atoms with Crippen molar-refractivity contribution in [2.45, 2.75) is 186 Å². The van der Waals surface area contributed by atoms with E-state index in [2.05, 4.69) is 42.2 Å². The van der Waals surface area contributed by atoms with E-state index in [0.717, 1.165) is 35.6 Å². The molecular weight excluding hydrogens is 1240 g/mol. The molecule has 10 N–H and O–H groups in total. The molecule has 2 fully saturated rings. The predicted molar refractivity (Wildman–Crippen MR) is 362 cm³/mol. The molecule has 3 heterocycles. The first-order chi connectivity index (χ1) is 44.7. The van der Waals surface area contributed by atoms with Gasteiger partial charge in [-0.1, -0.05) is 110 Å². The number of imide groups is 1. The van der Waals surface area contributed by atoms with E-state index in [0.29, 0.717) is 43.4 Å². The number of alkyl carbamates (subject to hydrolysis) is 1. The number of carboxylic acid groups (broad SMARTS) is 1. The van der Waals surface area contributed by atoms with Gasteiger partial charge in [-0.15, -0.1) is 23.1 Å².